The Morgan fingerprint density at radius 2 is 1.79 bits per heavy atom. The van der Waals surface area contributed by atoms with Gasteiger partial charge < -0.3 is 4.74 Å². The van der Waals surface area contributed by atoms with Crippen LogP contribution in [0.2, 0.25) is 0 Å². The van der Waals surface area contributed by atoms with E-state index in [1.807, 2.05) is 0 Å². The van der Waals surface area contributed by atoms with E-state index in [2.05, 4.69) is 0 Å². The van der Waals surface area contributed by atoms with Crippen molar-refractivity contribution in [1.29, 1.82) is 0 Å². The monoisotopic (exact) mass is 330 g/mol. The predicted molar refractivity (Wildman–Crippen MR) is 83.1 cm³/mol. The molecule has 7 nitrogen and oxygen atoms in total. The minimum absolute atomic E-state index is 0.164. The quantitative estimate of drug-likeness (QED) is 0.609. The second kappa shape index (κ2) is 4.75. The Balaban J connectivity index is 1.32. The highest BCUT2D eigenvalue weighted by atomic mass is 16.6. The van der Waals surface area contributed by atoms with Crippen LogP contribution in [0.5, 0.6) is 0 Å². The van der Waals surface area contributed by atoms with Crippen molar-refractivity contribution in [2.45, 2.75) is 32.0 Å². The highest BCUT2D eigenvalue weighted by Crippen LogP contribution is 2.77. The van der Waals surface area contributed by atoms with Gasteiger partial charge in [0.2, 0.25) is 0 Å². The van der Waals surface area contributed by atoms with Crippen LogP contribution in [0.1, 0.15) is 24.8 Å². The summed E-state index contributed by atoms with van der Waals surface area (Å²) in [5.74, 6) is 4.99. The molecule has 24 heavy (non-hydrogen) atoms. The fraction of sp³-hybridized carbons (Fsp3) is 0.647. The van der Waals surface area contributed by atoms with Gasteiger partial charge in [0.1, 0.15) is 0 Å². The molecule has 0 unspecified atom stereocenters. The van der Waals surface area contributed by atoms with E-state index in [4.69, 9.17) is 4.74 Å². The summed E-state index contributed by atoms with van der Waals surface area (Å²) in [6.07, 6.45) is 4.01. The zero-order valence-electron chi connectivity index (χ0n) is 13.0. The normalized spacial score (nSPS) is 40.6. The summed E-state index contributed by atoms with van der Waals surface area (Å²) in [5, 5.41) is 22.0. The average Bonchev–Trinajstić information content (AvgIpc) is 2.81. The van der Waals surface area contributed by atoms with Crippen LogP contribution < -0.4 is 0 Å². The van der Waals surface area contributed by atoms with Crippen LogP contribution in [0.15, 0.2) is 18.2 Å². The average molecular weight is 330 g/mol. The van der Waals surface area contributed by atoms with E-state index in [1.54, 1.807) is 0 Å². The van der Waals surface area contributed by atoms with E-state index in [1.165, 1.54) is 25.0 Å². The summed E-state index contributed by atoms with van der Waals surface area (Å²) in [6.45, 7) is 0.164. The Hall–Kier alpha value is -2.02. The van der Waals surface area contributed by atoms with E-state index < -0.39 is 9.85 Å². The molecule has 0 aliphatic heterocycles. The highest BCUT2D eigenvalue weighted by molar-refractivity contribution is 5.48. The van der Waals surface area contributed by atoms with Gasteiger partial charge in [0.25, 0.3) is 11.4 Å². The number of hydrogen-bond acceptors (Lipinski definition) is 5. The number of nitrogens with zero attached hydrogens (tertiary/aromatic N) is 2. The molecule has 0 N–H and O–H groups in total. The van der Waals surface area contributed by atoms with Gasteiger partial charge in [-0.2, -0.15) is 0 Å². The number of hydrogen-bond donors (Lipinski definition) is 0. The van der Waals surface area contributed by atoms with Crippen molar-refractivity contribution in [3.05, 3.63) is 44.0 Å². The van der Waals surface area contributed by atoms with Gasteiger partial charge in [-0.15, -0.1) is 0 Å². The molecule has 0 amide bonds. The first-order valence-corrected chi connectivity index (χ1v) is 8.59. The predicted octanol–water partition coefficient (Wildman–Crippen LogP) is 3.31. The van der Waals surface area contributed by atoms with Gasteiger partial charge in [-0.25, -0.2) is 0 Å². The lowest BCUT2D eigenvalue weighted by Gasteiger charge is -2.60. The molecule has 4 aliphatic carbocycles. The molecule has 5 rings (SSSR count). The summed E-state index contributed by atoms with van der Waals surface area (Å²) in [6, 6.07) is 3.79. The molecule has 0 saturated heterocycles. The number of nitro benzene ring substituents is 2. The summed E-state index contributed by atoms with van der Waals surface area (Å²) < 4.78 is 6.09. The van der Waals surface area contributed by atoms with Gasteiger partial charge in [0.05, 0.1) is 34.2 Å². The molecule has 1 aromatic rings. The number of nitro groups is 2. The molecule has 0 bridgehead atoms. The Morgan fingerprint density at radius 1 is 1.00 bits per heavy atom. The van der Waals surface area contributed by atoms with Gasteiger partial charge in [-0.1, -0.05) is 0 Å². The minimum atomic E-state index is -0.614. The summed E-state index contributed by atoms with van der Waals surface area (Å²) in [4.78, 5) is 20.8. The summed E-state index contributed by atoms with van der Waals surface area (Å²) in [7, 11) is 0. The minimum Gasteiger partial charge on any atom is -0.373 e. The molecule has 0 aromatic heterocycles. The van der Waals surface area contributed by atoms with Crippen molar-refractivity contribution in [2.24, 2.45) is 35.5 Å². The lowest BCUT2D eigenvalue weighted by Crippen LogP contribution is -2.57. The van der Waals surface area contributed by atoms with E-state index >= 15 is 0 Å². The van der Waals surface area contributed by atoms with Crippen LogP contribution >= 0.6 is 0 Å². The van der Waals surface area contributed by atoms with Crippen LogP contribution in [0, 0.1) is 55.7 Å². The Kier molecular flexibility index (Phi) is 2.84. The van der Waals surface area contributed by atoms with Crippen molar-refractivity contribution < 1.29 is 14.6 Å². The van der Waals surface area contributed by atoms with Crippen molar-refractivity contribution in [3.63, 3.8) is 0 Å². The topological polar surface area (TPSA) is 95.5 Å². The molecule has 7 atom stereocenters. The molecule has 0 radical (unpaired) electrons. The lowest BCUT2D eigenvalue weighted by atomic mass is 9.45. The Labute approximate surface area is 138 Å². The number of benzene rings is 1. The number of non-ortho nitro benzene ring substituents is 1. The van der Waals surface area contributed by atoms with Crippen molar-refractivity contribution >= 4 is 11.4 Å². The molecule has 4 fully saturated rings. The zero-order valence-corrected chi connectivity index (χ0v) is 13.0. The highest BCUT2D eigenvalue weighted by Gasteiger charge is 2.73. The second-order valence-electron chi connectivity index (χ2n) is 7.71. The van der Waals surface area contributed by atoms with Gasteiger partial charge in [0.15, 0.2) is 0 Å². The molecular weight excluding hydrogens is 312 g/mol. The largest absolute Gasteiger partial charge is 0.373 e. The van der Waals surface area contributed by atoms with Crippen molar-refractivity contribution in [2.75, 3.05) is 0 Å². The van der Waals surface area contributed by atoms with E-state index in [-0.39, 0.29) is 24.1 Å². The molecule has 0 heterocycles. The summed E-state index contributed by atoms with van der Waals surface area (Å²) in [5.41, 5.74) is -0.0624. The Bertz CT molecular complexity index is 740. The number of ether oxygens (including phenoxy) is 1. The summed E-state index contributed by atoms with van der Waals surface area (Å²) >= 11 is 0. The van der Waals surface area contributed by atoms with Crippen LogP contribution in [0.25, 0.3) is 0 Å². The van der Waals surface area contributed by atoms with Gasteiger partial charge in [0, 0.05) is 6.07 Å². The maximum Gasteiger partial charge on any atom is 0.281 e. The standard InChI is InChI=1S/C17H18N2O5/c20-18(21)9-2-1-8(13(5-9)19(22)23)7-24-14-6-12-10-3-4-11-15(10)17(12)16(11)14/h1-2,5,10-12,14-17H,3-4,6-7H2/t10-,11+,12+,14-,15+,16+,17+/m1/s1. The number of fused-ring (bicyclic) bond motifs is 2. The maximum absolute atomic E-state index is 11.2. The van der Waals surface area contributed by atoms with Gasteiger partial charge in [-0.05, 0) is 60.8 Å². The fourth-order valence-corrected chi connectivity index (χ4v) is 6.33. The number of rotatable bonds is 5. The Morgan fingerprint density at radius 3 is 2.54 bits per heavy atom. The van der Waals surface area contributed by atoms with Crippen molar-refractivity contribution in [3.8, 4) is 0 Å². The molecule has 0 spiro atoms. The smallest absolute Gasteiger partial charge is 0.281 e. The first-order valence-electron chi connectivity index (χ1n) is 8.59. The zero-order chi connectivity index (χ0) is 16.6. The van der Waals surface area contributed by atoms with Crippen LogP contribution in [-0.2, 0) is 11.3 Å². The third-order valence-electron chi connectivity index (χ3n) is 7.11. The first-order chi connectivity index (χ1) is 11.6. The van der Waals surface area contributed by atoms with E-state index in [0.29, 0.717) is 11.5 Å². The molecule has 126 valence electrons. The van der Waals surface area contributed by atoms with Gasteiger partial charge >= 0.3 is 0 Å². The first kappa shape index (κ1) is 14.3. The lowest BCUT2D eigenvalue weighted by molar-refractivity contribution is -0.394. The van der Waals surface area contributed by atoms with Crippen LogP contribution in [-0.4, -0.2) is 16.0 Å². The van der Waals surface area contributed by atoms with Crippen LogP contribution in [0.3, 0.4) is 0 Å². The van der Waals surface area contributed by atoms with Crippen molar-refractivity contribution in [1.82, 2.24) is 0 Å². The maximum atomic E-state index is 11.2. The molecule has 7 heteroatoms. The third kappa shape index (κ3) is 1.70. The second-order valence-corrected chi connectivity index (χ2v) is 7.71. The third-order valence-corrected chi connectivity index (χ3v) is 7.11. The molecular formula is C17H18N2O5. The van der Waals surface area contributed by atoms with E-state index in [9.17, 15) is 20.2 Å². The van der Waals surface area contributed by atoms with Crippen LogP contribution in [0.4, 0.5) is 11.4 Å². The fourth-order valence-electron chi connectivity index (χ4n) is 6.33. The molecule has 4 aliphatic rings. The molecule has 1 aromatic carbocycles. The van der Waals surface area contributed by atoms with E-state index in [0.717, 1.165) is 42.1 Å². The van der Waals surface area contributed by atoms with Gasteiger partial charge in [-0.3, -0.25) is 20.2 Å². The molecule has 4 saturated carbocycles. The SMILES string of the molecule is O=[N+]([O-])c1ccc(CO[C@@H]2C[C@H]3[C@H]4CC[C@H]5[C@H]4[C@H]3[C@@H]52)c([N+](=O)[O-])c1.